The fraction of sp³-hybridized carbons (Fsp3) is 0.600. The highest BCUT2D eigenvalue weighted by atomic mass is 32.2. The Morgan fingerprint density at radius 3 is 2.61 bits per heavy atom. The summed E-state index contributed by atoms with van der Waals surface area (Å²) >= 11 is 0. The molecule has 18 heavy (non-hydrogen) atoms. The molecule has 1 N–H and O–H groups in total. The molecule has 1 aliphatic carbocycles. The first-order chi connectivity index (χ1) is 8.72. The molecule has 1 aliphatic rings. The second-order valence-corrected chi connectivity index (χ2v) is 6.68. The van der Waals surface area contributed by atoms with E-state index in [1.807, 2.05) is 38.2 Å². The van der Waals surface area contributed by atoms with E-state index in [1.165, 1.54) is 25.7 Å². The van der Waals surface area contributed by atoms with Crippen molar-refractivity contribution in [1.29, 1.82) is 0 Å². The Hall–Kier alpha value is -0.670. The van der Waals surface area contributed by atoms with Gasteiger partial charge in [-0.3, -0.25) is 4.21 Å². The van der Waals surface area contributed by atoms with Gasteiger partial charge in [0.05, 0.1) is 10.8 Å². The molecular formula is C15H23NOS. The predicted octanol–water partition coefficient (Wildman–Crippen LogP) is 2.88. The molecule has 2 unspecified atom stereocenters. The van der Waals surface area contributed by atoms with E-state index in [1.54, 1.807) is 0 Å². The number of hydrogen-bond donors (Lipinski definition) is 1. The zero-order valence-electron chi connectivity index (χ0n) is 11.3. The van der Waals surface area contributed by atoms with Crippen LogP contribution in [-0.2, 0) is 10.8 Å². The van der Waals surface area contributed by atoms with Crippen LogP contribution in [0.4, 0.5) is 0 Å². The van der Waals surface area contributed by atoms with Gasteiger partial charge in [0.2, 0.25) is 0 Å². The minimum atomic E-state index is -0.883. The van der Waals surface area contributed by atoms with Crippen LogP contribution in [0.25, 0.3) is 0 Å². The lowest BCUT2D eigenvalue weighted by Gasteiger charge is -2.22. The molecule has 2 nitrogen and oxygen atoms in total. The van der Waals surface area contributed by atoms with Crippen molar-refractivity contribution in [2.75, 3.05) is 12.8 Å². The molecule has 0 aliphatic heterocycles. The molecule has 1 fully saturated rings. The second kappa shape index (κ2) is 6.48. The molecule has 1 saturated carbocycles. The van der Waals surface area contributed by atoms with Gasteiger partial charge in [-0.05, 0) is 44.4 Å². The summed E-state index contributed by atoms with van der Waals surface area (Å²) in [4.78, 5) is 0.996. The van der Waals surface area contributed by atoms with Crippen molar-refractivity contribution in [3.63, 3.8) is 0 Å². The summed E-state index contributed by atoms with van der Waals surface area (Å²) in [7, 11) is 1.11. The van der Waals surface area contributed by atoms with Crippen molar-refractivity contribution < 1.29 is 4.21 Å². The van der Waals surface area contributed by atoms with Crippen LogP contribution in [0.5, 0.6) is 0 Å². The van der Waals surface area contributed by atoms with Crippen LogP contribution in [0.1, 0.15) is 31.2 Å². The molecule has 0 saturated heterocycles. The van der Waals surface area contributed by atoms with Crippen LogP contribution in [0.15, 0.2) is 29.2 Å². The molecule has 0 aromatic heterocycles. The van der Waals surface area contributed by atoms with E-state index in [4.69, 9.17) is 0 Å². The summed E-state index contributed by atoms with van der Waals surface area (Å²) in [5, 5.41) is 3.37. The smallest absolute Gasteiger partial charge is 0.0548 e. The van der Waals surface area contributed by atoms with Crippen LogP contribution < -0.4 is 5.32 Å². The number of benzene rings is 1. The zero-order valence-corrected chi connectivity index (χ0v) is 12.1. The summed E-state index contributed by atoms with van der Waals surface area (Å²) in [6.07, 6.45) is 5.24. The molecule has 0 bridgehead atoms. The third kappa shape index (κ3) is 3.21. The first-order valence-electron chi connectivity index (χ1n) is 6.83. The highest BCUT2D eigenvalue weighted by molar-refractivity contribution is 7.85. The first kappa shape index (κ1) is 13.8. The van der Waals surface area contributed by atoms with Gasteiger partial charge in [-0.1, -0.05) is 31.0 Å². The number of aryl methyl sites for hydroxylation is 1. The van der Waals surface area contributed by atoms with E-state index >= 15 is 0 Å². The van der Waals surface area contributed by atoms with Crippen LogP contribution >= 0.6 is 0 Å². The average Bonchev–Trinajstić information content (AvgIpc) is 2.90. The van der Waals surface area contributed by atoms with Crippen molar-refractivity contribution in [3.05, 3.63) is 29.8 Å². The van der Waals surface area contributed by atoms with Crippen molar-refractivity contribution in [2.24, 2.45) is 5.92 Å². The van der Waals surface area contributed by atoms with Gasteiger partial charge in [-0.25, -0.2) is 0 Å². The SMILES string of the molecule is CNC(CS(=O)c1ccccc1C)C1CCCC1. The molecule has 0 spiro atoms. The van der Waals surface area contributed by atoms with Gasteiger partial charge in [0.15, 0.2) is 0 Å². The van der Waals surface area contributed by atoms with Crippen LogP contribution in [0, 0.1) is 12.8 Å². The van der Waals surface area contributed by atoms with Gasteiger partial charge >= 0.3 is 0 Å². The van der Waals surface area contributed by atoms with E-state index in [9.17, 15) is 4.21 Å². The molecule has 0 radical (unpaired) electrons. The largest absolute Gasteiger partial charge is 0.316 e. The van der Waals surface area contributed by atoms with Crippen LogP contribution in [0.3, 0.4) is 0 Å². The van der Waals surface area contributed by atoms with Gasteiger partial charge in [-0.2, -0.15) is 0 Å². The Morgan fingerprint density at radius 1 is 1.33 bits per heavy atom. The summed E-state index contributed by atoms with van der Waals surface area (Å²) in [6, 6.07) is 8.41. The summed E-state index contributed by atoms with van der Waals surface area (Å²) in [5.41, 5.74) is 1.14. The fourth-order valence-corrected chi connectivity index (χ4v) is 4.48. The molecule has 0 heterocycles. The third-order valence-corrected chi connectivity index (χ3v) is 5.62. The lowest BCUT2D eigenvalue weighted by Crippen LogP contribution is -2.37. The highest BCUT2D eigenvalue weighted by Gasteiger charge is 2.25. The Balaban J connectivity index is 2.03. The number of rotatable bonds is 5. The molecule has 2 atom stereocenters. The minimum Gasteiger partial charge on any atom is -0.316 e. The zero-order chi connectivity index (χ0) is 13.0. The van der Waals surface area contributed by atoms with E-state index < -0.39 is 10.8 Å². The molecule has 1 aromatic carbocycles. The Labute approximate surface area is 113 Å². The minimum absolute atomic E-state index is 0.396. The Morgan fingerprint density at radius 2 is 2.00 bits per heavy atom. The van der Waals surface area contributed by atoms with Crippen molar-refractivity contribution in [3.8, 4) is 0 Å². The van der Waals surface area contributed by atoms with Crippen molar-refractivity contribution in [2.45, 2.75) is 43.5 Å². The molecule has 0 amide bonds. The fourth-order valence-electron chi connectivity index (χ4n) is 2.88. The maximum Gasteiger partial charge on any atom is 0.0548 e. The Kier molecular flexibility index (Phi) is 4.95. The number of nitrogens with one attached hydrogen (secondary N) is 1. The quantitative estimate of drug-likeness (QED) is 0.887. The molecular weight excluding hydrogens is 242 g/mol. The summed E-state index contributed by atoms with van der Waals surface area (Å²) in [5.74, 6) is 1.45. The maximum absolute atomic E-state index is 12.5. The van der Waals surface area contributed by atoms with E-state index in [0.29, 0.717) is 12.0 Å². The third-order valence-electron chi connectivity index (χ3n) is 4.01. The molecule has 3 heteroatoms. The van der Waals surface area contributed by atoms with Crippen molar-refractivity contribution >= 4 is 10.8 Å². The lowest BCUT2D eigenvalue weighted by molar-refractivity contribution is 0.408. The molecule has 100 valence electrons. The van der Waals surface area contributed by atoms with Gasteiger partial charge < -0.3 is 5.32 Å². The van der Waals surface area contributed by atoms with Gasteiger partial charge in [-0.15, -0.1) is 0 Å². The average molecular weight is 265 g/mol. The first-order valence-corrected chi connectivity index (χ1v) is 8.15. The van der Waals surface area contributed by atoms with Gasteiger partial charge in [0.25, 0.3) is 0 Å². The summed E-state index contributed by atoms with van der Waals surface area (Å²) in [6.45, 7) is 2.04. The van der Waals surface area contributed by atoms with Crippen molar-refractivity contribution in [1.82, 2.24) is 5.32 Å². The number of hydrogen-bond acceptors (Lipinski definition) is 2. The second-order valence-electron chi connectivity index (χ2n) is 5.22. The van der Waals surface area contributed by atoms with Crippen LogP contribution in [-0.4, -0.2) is 23.1 Å². The summed E-state index contributed by atoms with van der Waals surface area (Å²) < 4.78 is 12.5. The molecule has 1 aromatic rings. The van der Waals surface area contributed by atoms with Crippen LogP contribution in [0.2, 0.25) is 0 Å². The lowest BCUT2D eigenvalue weighted by atomic mass is 10.0. The van der Waals surface area contributed by atoms with E-state index in [0.717, 1.165) is 16.2 Å². The maximum atomic E-state index is 12.5. The normalized spacial score (nSPS) is 19.9. The molecule has 2 rings (SSSR count). The van der Waals surface area contributed by atoms with Gasteiger partial charge in [0.1, 0.15) is 0 Å². The highest BCUT2D eigenvalue weighted by Crippen LogP contribution is 2.28. The standard InChI is InChI=1S/C15H23NOS/c1-12-7-3-6-10-15(12)18(17)11-14(16-2)13-8-4-5-9-13/h3,6-7,10,13-14,16H,4-5,8-9,11H2,1-2H3. The Bertz CT molecular complexity index is 413. The topological polar surface area (TPSA) is 29.1 Å². The van der Waals surface area contributed by atoms with E-state index in [-0.39, 0.29) is 0 Å². The van der Waals surface area contributed by atoms with E-state index in [2.05, 4.69) is 5.32 Å². The predicted molar refractivity (Wildman–Crippen MR) is 77.3 cm³/mol. The van der Waals surface area contributed by atoms with Gasteiger partial charge in [0, 0.05) is 16.7 Å². The monoisotopic (exact) mass is 265 g/mol.